The summed E-state index contributed by atoms with van der Waals surface area (Å²) in [5, 5.41) is 8.85. The number of benzene rings is 1. The topological polar surface area (TPSA) is 76.1 Å². The minimum absolute atomic E-state index is 0.0471. The van der Waals surface area contributed by atoms with Gasteiger partial charge < -0.3 is 19.5 Å². The van der Waals surface area contributed by atoms with E-state index in [9.17, 15) is 9.59 Å². The molecule has 0 radical (unpaired) electrons. The molecular weight excluding hydrogens is 250 g/mol. The molecule has 0 bridgehead atoms. The molecule has 1 amide bonds. The van der Waals surface area contributed by atoms with Crippen molar-refractivity contribution in [3.63, 3.8) is 0 Å². The number of carbonyl (C=O) groups is 2. The Balaban J connectivity index is 1.83. The number of carboxylic acids is 1. The summed E-state index contributed by atoms with van der Waals surface area (Å²) in [5.74, 6) is -0.552. The van der Waals surface area contributed by atoms with E-state index in [-0.39, 0.29) is 18.1 Å². The lowest BCUT2D eigenvalue weighted by atomic mass is 10.2. The van der Waals surface area contributed by atoms with Gasteiger partial charge in [0.15, 0.2) is 0 Å². The van der Waals surface area contributed by atoms with Crippen LogP contribution >= 0.6 is 0 Å². The molecule has 0 aliphatic carbocycles. The van der Waals surface area contributed by atoms with Crippen LogP contribution in [0.3, 0.4) is 0 Å². The normalized spacial score (nSPS) is 15.4. The molecule has 102 valence electrons. The third-order valence-corrected chi connectivity index (χ3v) is 2.79. The Kier molecular flexibility index (Phi) is 4.35. The molecule has 1 aromatic rings. The molecule has 1 aliphatic rings. The number of rotatable bonds is 5. The molecule has 1 heterocycles. The fraction of sp³-hybridized carbons (Fsp3) is 0.385. The quantitative estimate of drug-likeness (QED) is 0.844. The minimum Gasteiger partial charge on any atom is -0.492 e. The maximum Gasteiger partial charge on any atom is 0.335 e. The number of ether oxygens (including phenoxy) is 2. The molecule has 2 rings (SSSR count). The van der Waals surface area contributed by atoms with E-state index >= 15 is 0 Å². The molecule has 1 fully saturated rings. The zero-order valence-electron chi connectivity index (χ0n) is 10.4. The largest absolute Gasteiger partial charge is 0.492 e. The monoisotopic (exact) mass is 265 g/mol. The second-order valence-corrected chi connectivity index (χ2v) is 4.11. The van der Waals surface area contributed by atoms with Crippen molar-refractivity contribution in [1.82, 2.24) is 4.90 Å². The fourth-order valence-corrected chi connectivity index (χ4v) is 1.78. The van der Waals surface area contributed by atoms with Crippen molar-refractivity contribution < 1.29 is 24.2 Å². The lowest BCUT2D eigenvalue weighted by molar-refractivity contribution is -0.143. The van der Waals surface area contributed by atoms with Gasteiger partial charge in [0, 0.05) is 6.54 Å². The van der Waals surface area contributed by atoms with Gasteiger partial charge in [-0.1, -0.05) is 6.07 Å². The molecule has 0 spiro atoms. The van der Waals surface area contributed by atoms with Crippen molar-refractivity contribution in [2.24, 2.45) is 0 Å². The number of hydrogen-bond donors (Lipinski definition) is 1. The Morgan fingerprint density at radius 1 is 1.47 bits per heavy atom. The Labute approximate surface area is 110 Å². The molecule has 1 aromatic carbocycles. The molecule has 1 aliphatic heterocycles. The van der Waals surface area contributed by atoms with Crippen molar-refractivity contribution in [3.8, 4) is 5.75 Å². The maximum atomic E-state index is 11.4. The van der Waals surface area contributed by atoms with E-state index < -0.39 is 5.97 Å². The summed E-state index contributed by atoms with van der Waals surface area (Å²) in [7, 11) is 0. The van der Waals surface area contributed by atoms with E-state index in [1.165, 1.54) is 12.1 Å². The number of aromatic carboxylic acids is 1. The van der Waals surface area contributed by atoms with Gasteiger partial charge in [0.2, 0.25) is 5.91 Å². The Morgan fingerprint density at radius 2 is 2.32 bits per heavy atom. The molecule has 6 nitrogen and oxygen atoms in total. The third kappa shape index (κ3) is 3.69. The summed E-state index contributed by atoms with van der Waals surface area (Å²) in [5.41, 5.74) is 0.181. The summed E-state index contributed by atoms with van der Waals surface area (Å²) < 4.78 is 10.5. The van der Waals surface area contributed by atoms with Gasteiger partial charge in [0.25, 0.3) is 0 Å². The highest BCUT2D eigenvalue weighted by Gasteiger charge is 2.17. The van der Waals surface area contributed by atoms with Crippen molar-refractivity contribution >= 4 is 11.9 Å². The Morgan fingerprint density at radius 3 is 3.05 bits per heavy atom. The predicted octanol–water partition coefficient (Wildman–Crippen LogP) is 0.622. The zero-order valence-corrected chi connectivity index (χ0v) is 10.4. The van der Waals surface area contributed by atoms with E-state index in [0.29, 0.717) is 32.1 Å². The van der Waals surface area contributed by atoms with Crippen LogP contribution in [-0.2, 0) is 9.53 Å². The lowest BCUT2D eigenvalue weighted by Gasteiger charge is -2.26. The molecule has 0 atom stereocenters. The van der Waals surface area contributed by atoms with Crippen LogP contribution in [0.2, 0.25) is 0 Å². The predicted molar refractivity (Wildman–Crippen MR) is 66.3 cm³/mol. The van der Waals surface area contributed by atoms with E-state index in [1.54, 1.807) is 17.0 Å². The first-order valence-electron chi connectivity index (χ1n) is 5.98. The highest BCUT2D eigenvalue weighted by molar-refractivity contribution is 5.88. The molecule has 1 saturated heterocycles. The summed E-state index contributed by atoms with van der Waals surface area (Å²) in [4.78, 5) is 23.9. The van der Waals surface area contributed by atoms with Crippen LogP contribution in [0, 0.1) is 0 Å². The van der Waals surface area contributed by atoms with Crippen molar-refractivity contribution in [1.29, 1.82) is 0 Å². The SMILES string of the molecule is O=C(O)c1cccc(OCCN2CCOCC2=O)c1. The van der Waals surface area contributed by atoms with Gasteiger partial charge in [-0.2, -0.15) is 0 Å². The first-order chi connectivity index (χ1) is 9.16. The number of hydrogen-bond acceptors (Lipinski definition) is 4. The molecule has 0 aromatic heterocycles. The summed E-state index contributed by atoms with van der Waals surface area (Å²) in [6.07, 6.45) is 0. The Bertz CT molecular complexity index is 474. The van der Waals surface area contributed by atoms with Gasteiger partial charge in [-0.25, -0.2) is 4.79 Å². The van der Waals surface area contributed by atoms with Gasteiger partial charge >= 0.3 is 5.97 Å². The zero-order chi connectivity index (χ0) is 13.7. The number of carbonyl (C=O) groups excluding carboxylic acids is 1. The molecule has 6 heteroatoms. The molecule has 19 heavy (non-hydrogen) atoms. The first-order valence-corrected chi connectivity index (χ1v) is 5.98. The fourth-order valence-electron chi connectivity index (χ4n) is 1.78. The van der Waals surface area contributed by atoms with Gasteiger partial charge in [-0.05, 0) is 18.2 Å². The second kappa shape index (κ2) is 6.19. The number of amides is 1. The van der Waals surface area contributed by atoms with Crippen LogP contribution in [0.25, 0.3) is 0 Å². The van der Waals surface area contributed by atoms with Crippen LogP contribution in [0.15, 0.2) is 24.3 Å². The highest BCUT2D eigenvalue weighted by atomic mass is 16.5. The minimum atomic E-state index is -0.992. The van der Waals surface area contributed by atoms with Crippen LogP contribution in [0.4, 0.5) is 0 Å². The van der Waals surface area contributed by atoms with Crippen LogP contribution in [0.1, 0.15) is 10.4 Å². The molecule has 1 N–H and O–H groups in total. The number of nitrogens with zero attached hydrogens (tertiary/aromatic N) is 1. The number of morpholine rings is 1. The smallest absolute Gasteiger partial charge is 0.335 e. The molecule has 0 saturated carbocycles. The van der Waals surface area contributed by atoms with E-state index in [2.05, 4.69) is 0 Å². The van der Waals surface area contributed by atoms with Crippen molar-refractivity contribution in [3.05, 3.63) is 29.8 Å². The van der Waals surface area contributed by atoms with Gasteiger partial charge in [0.1, 0.15) is 19.0 Å². The summed E-state index contributed by atoms with van der Waals surface area (Å²) >= 11 is 0. The highest BCUT2D eigenvalue weighted by Crippen LogP contribution is 2.13. The van der Waals surface area contributed by atoms with Crippen molar-refractivity contribution in [2.75, 3.05) is 32.9 Å². The van der Waals surface area contributed by atoms with E-state index in [4.69, 9.17) is 14.6 Å². The lowest BCUT2D eigenvalue weighted by Crippen LogP contribution is -2.43. The number of carboxylic acid groups (broad SMARTS) is 1. The van der Waals surface area contributed by atoms with Gasteiger partial charge in [0.05, 0.1) is 18.7 Å². The van der Waals surface area contributed by atoms with Crippen LogP contribution in [-0.4, -0.2) is 54.8 Å². The van der Waals surface area contributed by atoms with Crippen molar-refractivity contribution in [2.45, 2.75) is 0 Å². The third-order valence-electron chi connectivity index (χ3n) is 2.79. The Hall–Kier alpha value is -2.08. The van der Waals surface area contributed by atoms with Gasteiger partial charge in [-0.15, -0.1) is 0 Å². The standard InChI is InChI=1S/C13H15NO5/c15-12-9-18-6-4-14(12)5-7-19-11-3-1-2-10(8-11)13(16)17/h1-3,8H,4-7,9H2,(H,16,17). The van der Waals surface area contributed by atoms with E-state index in [0.717, 1.165) is 0 Å². The van der Waals surface area contributed by atoms with Crippen LogP contribution < -0.4 is 4.74 Å². The van der Waals surface area contributed by atoms with Crippen LogP contribution in [0.5, 0.6) is 5.75 Å². The first kappa shape index (κ1) is 13.4. The molecule has 0 unspecified atom stereocenters. The second-order valence-electron chi connectivity index (χ2n) is 4.11. The maximum absolute atomic E-state index is 11.4. The van der Waals surface area contributed by atoms with E-state index in [1.807, 2.05) is 0 Å². The average molecular weight is 265 g/mol. The average Bonchev–Trinajstić information content (AvgIpc) is 2.41. The summed E-state index contributed by atoms with van der Waals surface area (Å²) in [6.45, 7) is 2.03. The van der Waals surface area contributed by atoms with Gasteiger partial charge in [-0.3, -0.25) is 4.79 Å². The molecular formula is C13H15NO5. The summed E-state index contributed by atoms with van der Waals surface area (Å²) in [6, 6.07) is 6.27.